The normalized spacial score (nSPS) is 13.1. The maximum Gasteiger partial charge on any atom is 0.335 e. The van der Waals surface area contributed by atoms with Crippen molar-refractivity contribution in [2.45, 2.75) is 25.1 Å². The van der Waals surface area contributed by atoms with Crippen LogP contribution in [0, 0.1) is 11.7 Å². The first-order valence-electron chi connectivity index (χ1n) is 6.89. The van der Waals surface area contributed by atoms with E-state index >= 15 is 0 Å². The van der Waals surface area contributed by atoms with Gasteiger partial charge in [-0.25, -0.2) is 12.8 Å². The summed E-state index contributed by atoms with van der Waals surface area (Å²) in [6.45, 7) is 3.50. The number of carbonyl (C=O) groups is 1. The molecule has 2 aromatic rings. The Morgan fingerprint density at radius 3 is 2.50 bits per heavy atom. The van der Waals surface area contributed by atoms with Crippen molar-refractivity contribution in [2.24, 2.45) is 5.92 Å². The summed E-state index contributed by atoms with van der Waals surface area (Å²) in [6, 6.07) is 3.07. The SMILES string of the molecule is CC(C)[C@H](NC(=O)c1c(F)cccc1Cl)c1nnc(S(C)(=O)=O)o1. The zero-order chi connectivity index (χ0) is 18.1. The van der Waals surface area contributed by atoms with Crippen LogP contribution in [-0.4, -0.2) is 30.8 Å². The van der Waals surface area contributed by atoms with Crippen LogP contribution in [0.4, 0.5) is 4.39 Å². The first-order valence-corrected chi connectivity index (χ1v) is 9.16. The molecule has 0 saturated heterocycles. The summed E-state index contributed by atoms with van der Waals surface area (Å²) in [6.07, 6.45) is 0.923. The molecule has 1 heterocycles. The topological polar surface area (TPSA) is 102 Å². The number of benzene rings is 1. The summed E-state index contributed by atoms with van der Waals surface area (Å²) in [5.74, 6) is -1.86. The van der Waals surface area contributed by atoms with Gasteiger partial charge in [0.2, 0.25) is 15.7 Å². The number of rotatable bonds is 5. The number of halogens is 2. The van der Waals surface area contributed by atoms with Gasteiger partial charge in [-0.3, -0.25) is 4.79 Å². The van der Waals surface area contributed by atoms with E-state index in [1.165, 1.54) is 12.1 Å². The lowest BCUT2D eigenvalue weighted by atomic mass is 10.0. The Morgan fingerprint density at radius 1 is 1.33 bits per heavy atom. The second-order valence-corrected chi connectivity index (χ2v) is 7.77. The van der Waals surface area contributed by atoms with E-state index in [2.05, 4.69) is 15.5 Å². The summed E-state index contributed by atoms with van der Waals surface area (Å²) >= 11 is 5.87. The molecule has 7 nitrogen and oxygen atoms in total. The van der Waals surface area contributed by atoms with Crippen LogP contribution in [0.25, 0.3) is 0 Å². The van der Waals surface area contributed by atoms with E-state index in [9.17, 15) is 17.6 Å². The van der Waals surface area contributed by atoms with Crippen LogP contribution < -0.4 is 5.32 Å². The Bertz CT molecular complexity index is 846. The van der Waals surface area contributed by atoms with E-state index in [1.54, 1.807) is 13.8 Å². The molecule has 0 aliphatic heterocycles. The van der Waals surface area contributed by atoms with Crippen LogP contribution in [0.1, 0.15) is 36.1 Å². The Labute approximate surface area is 143 Å². The number of carbonyl (C=O) groups excluding carboxylic acids is 1. The average Bonchev–Trinajstić information content (AvgIpc) is 2.93. The Kier molecular flexibility index (Phi) is 5.24. The number of aromatic nitrogens is 2. The molecule has 0 fully saturated rings. The van der Waals surface area contributed by atoms with Crippen LogP contribution in [0.15, 0.2) is 27.8 Å². The molecule has 2 rings (SSSR count). The number of nitrogens with one attached hydrogen (secondary N) is 1. The third kappa shape index (κ3) is 3.90. The summed E-state index contributed by atoms with van der Waals surface area (Å²) in [4.78, 5) is 12.3. The van der Waals surface area contributed by atoms with E-state index in [0.717, 1.165) is 12.3 Å². The van der Waals surface area contributed by atoms with E-state index in [-0.39, 0.29) is 22.4 Å². The van der Waals surface area contributed by atoms with E-state index < -0.39 is 32.8 Å². The number of amides is 1. The second-order valence-electron chi connectivity index (χ2n) is 5.47. The lowest BCUT2D eigenvalue weighted by Crippen LogP contribution is -2.32. The fourth-order valence-electron chi connectivity index (χ4n) is 1.94. The Hall–Kier alpha value is -2.00. The van der Waals surface area contributed by atoms with Crippen molar-refractivity contribution in [2.75, 3.05) is 6.26 Å². The fraction of sp³-hybridized carbons (Fsp3) is 0.357. The average molecular weight is 376 g/mol. The van der Waals surface area contributed by atoms with Gasteiger partial charge in [0, 0.05) is 6.26 Å². The van der Waals surface area contributed by atoms with Crippen LogP contribution in [0.3, 0.4) is 0 Å². The molecule has 0 aliphatic carbocycles. The molecule has 0 aliphatic rings. The standard InChI is InChI=1S/C14H15ClFN3O4S/c1-7(2)11(13-18-19-14(23-13)24(3,21)22)17-12(20)10-8(15)5-4-6-9(10)16/h4-7,11H,1-3H3,(H,17,20)/t11-/m0/s1. The number of nitrogens with zero attached hydrogens (tertiary/aromatic N) is 2. The summed E-state index contributed by atoms with van der Waals surface area (Å²) in [5.41, 5.74) is -0.312. The highest BCUT2D eigenvalue weighted by molar-refractivity contribution is 7.90. The van der Waals surface area contributed by atoms with Gasteiger partial charge in [-0.1, -0.05) is 36.6 Å². The van der Waals surface area contributed by atoms with Crippen LogP contribution >= 0.6 is 11.6 Å². The maximum atomic E-state index is 13.8. The first kappa shape index (κ1) is 18.3. The van der Waals surface area contributed by atoms with Gasteiger partial charge in [-0.15, -0.1) is 5.10 Å². The third-order valence-corrected chi connectivity index (χ3v) is 4.26. The van der Waals surface area contributed by atoms with Gasteiger partial charge < -0.3 is 9.73 Å². The first-order chi connectivity index (χ1) is 11.1. The zero-order valence-electron chi connectivity index (χ0n) is 13.1. The molecular weight excluding hydrogens is 361 g/mol. The molecule has 1 amide bonds. The molecule has 0 radical (unpaired) electrons. The summed E-state index contributed by atoms with van der Waals surface area (Å²) < 4.78 is 41.8. The molecule has 1 aromatic heterocycles. The number of hydrogen-bond acceptors (Lipinski definition) is 6. The van der Waals surface area contributed by atoms with Crippen molar-refractivity contribution >= 4 is 27.3 Å². The van der Waals surface area contributed by atoms with E-state index in [1.807, 2.05) is 0 Å². The van der Waals surface area contributed by atoms with Gasteiger partial charge in [0.15, 0.2) is 0 Å². The second kappa shape index (κ2) is 6.86. The van der Waals surface area contributed by atoms with Gasteiger partial charge in [0.1, 0.15) is 11.9 Å². The summed E-state index contributed by atoms with van der Waals surface area (Å²) in [7, 11) is -3.67. The number of hydrogen-bond donors (Lipinski definition) is 1. The smallest absolute Gasteiger partial charge is 0.335 e. The third-order valence-electron chi connectivity index (χ3n) is 3.15. The minimum Gasteiger partial charge on any atom is -0.410 e. The molecule has 24 heavy (non-hydrogen) atoms. The highest BCUT2D eigenvalue weighted by Gasteiger charge is 2.28. The molecule has 0 bridgehead atoms. The molecule has 130 valence electrons. The van der Waals surface area contributed by atoms with Crippen molar-refractivity contribution in [1.29, 1.82) is 0 Å². The maximum absolute atomic E-state index is 13.8. The minimum absolute atomic E-state index is 0.0441. The van der Waals surface area contributed by atoms with Gasteiger partial charge in [0.05, 0.1) is 10.6 Å². The summed E-state index contributed by atoms with van der Waals surface area (Å²) in [5, 5.41) is 9.05. The number of sulfone groups is 1. The van der Waals surface area contributed by atoms with Crippen molar-refractivity contribution in [3.63, 3.8) is 0 Å². The lowest BCUT2D eigenvalue weighted by molar-refractivity contribution is 0.0911. The highest BCUT2D eigenvalue weighted by atomic mass is 35.5. The lowest BCUT2D eigenvalue weighted by Gasteiger charge is -2.19. The van der Waals surface area contributed by atoms with Crippen LogP contribution in [0.2, 0.25) is 5.02 Å². The van der Waals surface area contributed by atoms with Gasteiger partial charge in [-0.2, -0.15) is 0 Å². The minimum atomic E-state index is -3.67. The monoisotopic (exact) mass is 375 g/mol. The van der Waals surface area contributed by atoms with E-state index in [4.69, 9.17) is 16.0 Å². The van der Waals surface area contributed by atoms with Crippen LogP contribution in [-0.2, 0) is 9.84 Å². The van der Waals surface area contributed by atoms with Crippen molar-refractivity contribution < 1.29 is 22.0 Å². The highest BCUT2D eigenvalue weighted by Crippen LogP contribution is 2.24. The molecule has 0 spiro atoms. The Morgan fingerprint density at radius 2 is 2.00 bits per heavy atom. The molecular formula is C14H15ClFN3O4S. The predicted octanol–water partition coefficient (Wildman–Crippen LogP) is 2.39. The van der Waals surface area contributed by atoms with Crippen molar-refractivity contribution in [3.8, 4) is 0 Å². The molecule has 0 saturated carbocycles. The van der Waals surface area contributed by atoms with Gasteiger partial charge >= 0.3 is 5.22 Å². The van der Waals surface area contributed by atoms with Crippen molar-refractivity contribution in [1.82, 2.24) is 15.5 Å². The van der Waals surface area contributed by atoms with Gasteiger partial charge in [-0.05, 0) is 18.1 Å². The zero-order valence-corrected chi connectivity index (χ0v) is 14.7. The molecule has 1 aromatic carbocycles. The molecule has 0 unspecified atom stereocenters. The molecule has 10 heteroatoms. The predicted molar refractivity (Wildman–Crippen MR) is 83.9 cm³/mol. The van der Waals surface area contributed by atoms with Gasteiger partial charge in [0.25, 0.3) is 5.91 Å². The largest absolute Gasteiger partial charge is 0.410 e. The Balaban J connectivity index is 2.33. The quantitative estimate of drug-likeness (QED) is 0.860. The van der Waals surface area contributed by atoms with E-state index in [0.29, 0.717) is 0 Å². The van der Waals surface area contributed by atoms with Crippen molar-refractivity contribution in [3.05, 3.63) is 40.5 Å². The molecule has 1 atom stereocenters. The molecule has 1 N–H and O–H groups in total. The fourth-order valence-corrected chi connectivity index (χ4v) is 2.61. The van der Waals surface area contributed by atoms with Crippen LogP contribution in [0.5, 0.6) is 0 Å².